The van der Waals surface area contributed by atoms with Crippen LogP contribution >= 0.6 is 0 Å². The Balaban J connectivity index is 1.56. The summed E-state index contributed by atoms with van der Waals surface area (Å²) in [5.41, 5.74) is 3.33. The van der Waals surface area contributed by atoms with Crippen LogP contribution < -0.4 is 4.74 Å². The zero-order valence-electron chi connectivity index (χ0n) is 17.1. The summed E-state index contributed by atoms with van der Waals surface area (Å²) in [5, 5.41) is 6.07. The van der Waals surface area contributed by atoms with Crippen LogP contribution in [0.15, 0.2) is 96.1 Å². The molecule has 5 heteroatoms. The van der Waals surface area contributed by atoms with Gasteiger partial charge in [0.15, 0.2) is 0 Å². The fourth-order valence-corrected chi connectivity index (χ4v) is 3.56. The third kappa shape index (κ3) is 4.78. The van der Waals surface area contributed by atoms with Crippen LogP contribution in [0.2, 0.25) is 0 Å². The smallest absolute Gasteiger partial charge is 0.336 e. The van der Waals surface area contributed by atoms with Gasteiger partial charge in [-0.15, -0.1) is 0 Å². The molecule has 0 unspecified atom stereocenters. The number of esters is 1. The summed E-state index contributed by atoms with van der Waals surface area (Å²) < 4.78 is 5.61. The molecule has 0 radical (unpaired) electrons. The predicted octanol–water partition coefficient (Wildman–Crippen LogP) is 5.00. The van der Waals surface area contributed by atoms with E-state index >= 15 is 0 Å². The molecule has 1 aliphatic heterocycles. The molecular formula is C26H22N2O3. The molecule has 3 aromatic carbocycles. The average molecular weight is 410 g/mol. The Kier molecular flexibility index (Phi) is 6.03. The largest absolute Gasteiger partial charge is 0.423 e. The van der Waals surface area contributed by atoms with E-state index < -0.39 is 5.97 Å². The van der Waals surface area contributed by atoms with Gasteiger partial charge in [-0.25, -0.2) is 9.80 Å². The molecule has 1 amide bonds. The zero-order valence-corrected chi connectivity index (χ0v) is 17.1. The van der Waals surface area contributed by atoms with E-state index in [4.69, 9.17) is 4.74 Å². The fraction of sp³-hybridized carbons (Fsp3) is 0.115. The molecule has 4 rings (SSSR count). The first kappa shape index (κ1) is 20.3. The van der Waals surface area contributed by atoms with E-state index in [9.17, 15) is 9.59 Å². The lowest BCUT2D eigenvalue weighted by Gasteiger charge is -2.20. The Labute approximate surface area is 181 Å². The second-order valence-electron chi connectivity index (χ2n) is 7.20. The van der Waals surface area contributed by atoms with Crippen LogP contribution in [0.5, 0.6) is 5.75 Å². The number of hydrazone groups is 1. The summed E-state index contributed by atoms with van der Waals surface area (Å²) >= 11 is 0. The topological polar surface area (TPSA) is 59.0 Å². The highest BCUT2D eigenvalue weighted by Crippen LogP contribution is 2.34. The van der Waals surface area contributed by atoms with Crippen LogP contribution in [0.4, 0.5) is 0 Å². The molecule has 31 heavy (non-hydrogen) atoms. The highest BCUT2D eigenvalue weighted by Gasteiger charge is 2.32. The predicted molar refractivity (Wildman–Crippen MR) is 120 cm³/mol. The van der Waals surface area contributed by atoms with Gasteiger partial charge in [0.2, 0.25) is 5.91 Å². The molecule has 0 spiro atoms. The minimum atomic E-state index is -0.474. The van der Waals surface area contributed by atoms with Gasteiger partial charge in [-0.3, -0.25) is 4.79 Å². The summed E-state index contributed by atoms with van der Waals surface area (Å²) in [6.45, 7) is 1.50. The van der Waals surface area contributed by atoms with Crippen LogP contribution in [0.3, 0.4) is 0 Å². The second kappa shape index (κ2) is 9.22. The molecule has 0 aliphatic carbocycles. The van der Waals surface area contributed by atoms with Crippen molar-refractivity contribution in [3.05, 3.63) is 108 Å². The van der Waals surface area contributed by atoms with Crippen molar-refractivity contribution in [1.82, 2.24) is 5.01 Å². The number of rotatable bonds is 5. The third-order valence-corrected chi connectivity index (χ3v) is 5.04. The van der Waals surface area contributed by atoms with Gasteiger partial charge in [-0.05, 0) is 29.3 Å². The number of carbonyl (C=O) groups is 2. The highest BCUT2D eigenvalue weighted by molar-refractivity contribution is 6.05. The van der Waals surface area contributed by atoms with Crippen LogP contribution in [-0.4, -0.2) is 22.6 Å². The summed E-state index contributed by atoms with van der Waals surface area (Å²) in [5.74, 6) is -0.191. The molecule has 0 bridgehead atoms. The number of amides is 1. The molecule has 0 saturated carbocycles. The third-order valence-electron chi connectivity index (χ3n) is 5.04. The van der Waals surface area contributed by atoms with E-state index in [0.29, 0.717) is 23.4 Å². The maximum Gasteiger partial charge on any atom is 0.336 e. The molecular weight excluding hydrogens is 388 g/mol. The van der Waals surface area contributed by atoms with Crippen LogP contribution in [-0.2, 0) is 9.59 Å². The first-order valence-corrected chi connectivity index (χ1v) is 10.1. The molecule has 0 fully saturated rings. The summed E-state index contributed by atoms with van der Waals surface area (Å²) in [4.78, 5) is 24.6. The molecule has 154 valence electrons. The standard InChI is InChI=1S/C26H22N2O3/c1-19(29)28-24(21-12-6-3-7-13-21)18-23(27-28)22-14-8-9-15-25(22)31-26(30)17-16-20-10-4-2-5-11-20/h2-17,24H,18H2,1H3/b17-16+/t24-/m1/s1. The molecule has 0 saturated heterocycles. The van der Waals surface area contributed by atoms with Gasteiger partial charge >= 0.3 is 5.97 Å². The number of carbonyl (C=O) groups excluding carboxylic acids is 2. The normalized spacial score (nSPS) is 15.7. The summed E-state index contributed by atoms with van der Waals surface area (Å²) in [6.07, 6.45) is 3.65. The van der Waals surface area contributed by atoms with Crippen LogP contribution in [0, 0.1) is 0 Å². The van der Waals surface area contributed by atoms with Crippen LogP contribution in [0.1, 0.15) is 36.1 Å². The lowest BCUT2D eigenvalue weighted by molar-refractivity contribution is -0.131. The van der Waals surface area contributed by atoms with E-state index in [1.165, 1.54) is 18.0 Å². The van der Waals surface area contributed by atoms with Gasteiger partial charge in [-0.1, -0.05) is 72.8 Å². The fourth-order valence-electron chi connectivity index (χ4n) is 3.56. The molecule has 1 heterocycles. The first-order valence-electron chi connectivity index (χ1n) is 10.1. The summed E-state index contributed by atoms with van der Waals surface area (Å²) in [6, 6.07) is 26.4. The van der Waals surface area contributed by atoms with Gasteiger partial charge in [0.1, 0.15) is 5.75 Å². The van der Waals surface area contributed by atoms with E-state index in [-0.39, 0.29) is 11.9 Å². The lowest BCUT2D eigenvalue weighted by Crippen LogP contribution is -2.24. The van der Waals surface area contributed by atoms with Gasteiger partial charge in [0.05, 0.1) is 11.8 Å². The maximum atomic E-state index is 12.4. The Bertz CT molecular complexity index is 1140. The van der Waals surface area contributed by atoms with Crippen molar-refractivity contribution >= 4 is 23.7 Å². The average Bonchev–Trinajstić information content (AvgIpc) is 3.25. The maximum absolute atomic E-state index is 12.4. The van der Waals surface area contributed by atoms with Crippen LogP contribution in [0.25, 0.3) is 6.08 Å². The van der Waals surface area contributed by atoms with Crippen molar-refractivity contribution in [2.75, 3.05) is 0 Å². The number of benzene rings is 3. The number of hydrogen-bond acceptors (Lipinski definition) is 4. The Morgan fingerprint density at radius 2 is 1.58 bits per heavy atom. The molecule has 1 aliphatic rings. The van der Waals surface area contributed by atoms with E-state index in [1.54, 1.807) is 18.2 Å². The van der Waals surface area contributed by atoms with Gasteiger partial charge < -0.3 is 4.74 Å². The van der Waals surface area contributed by atoms with Crippen molar-refractivity contribution < 1.29 is 14.3 Å². The van der Waals surface area contributed by atoms with Gasteiger partial charge in [0, 0.05) is 25.0 Å². The monoisotopic (exact) mass is 410 g/mol. The zero-order chi connectivity index (χ0) is 21.6. The first-order chi connectivity index (χ1) is 15.1. The molecule has 5 nitrogen and oxygen atoms in total. The quantitative estimate of drug-likeness (QED) is 0.338. The van der Waals surface area contributed by atoms with Gasteiger partial charge in [0.25, 0.3) is 0 Å². The highest BCUT2D eigenvalue weighted by atomic mass is 16.5. The minimum Gasteiger partial charge on any atom is -0.423 e. The molecule has 0 N–H and O–H groups in total. The van der Waals surface area contributed by atoms with Crippen molar-refractivity contribution in [3.8, 4) is 5.75 Å². The molecule has 1 atom stereocenters. The molecule has 0 aromatic heterocycles. The van der Waals surface area contributed by atoms with Crippen molar-refractivity contribution in [2.45, 2.75) is 19.4 Å². The number of hydrogen-bond donors (Lipinski definition) is 0. The van der Waals surface area contributed by atoms with Crippen molar-refractivity contribution in [1.29, 1.82) is 0 Å². The minimum absolute atomic E-state index is 0.135. The van der Waals surface area contributed by atoms with Crippen molar-refractivity contribution in [3.63, 3.8) is 0 Å². The second-order valence-corrected chi connectivity index (χ2v) is 7.20. The summed E-state index contributed by atoms with van der Waals surface area (Å²) in [7, 11) is 0. The molecule has 3 aromatic rings. The Hall–Kier alpha value is -3.99. The van der Waals surface area contributed by atoms with Gasteiger partial charge in [-0.2, -0.15) is 5.10 Å². The number of nitrogens with zero attached hydrogens (tertiary/aromatic N) is 2. The van der Waals surface area contributed by atoms with E-state index in [0.717, 1.165) is 11.1 Å². The lowest BCUT2D eigenvalue weighted by atomic mass is 9.98. The number of para-hydroxylation sites is 1. The van der Waals surface area contributed by atoms with E-state index in [1.807, 2.05) is 72.8 Å². The van der Waals surface area contributed by atoms with E-state index in [2.05, 4.69) is 5.10 Å². The number of ether oxygens (including phenoxy) is 1. The Morgan fingerprint density at radius 1 is 0.935 bits per heavy atom. The SMILES string of the molecule is CC(=O)N1N=C(c2ccccc2OC(=O)/C=C/c2ccccc2)C[C@@H]1c1ccccc1. The van der Waals surface area contributed by atoms with Crippen molar-refractivity contribution in [2.24, 2.45) is 5.10 Å². The Morgan fingerprint density at radius 3 is 2.29 bits per heavy atom.